The number of sulfonamides is 1. The van der Waals surface area contributed by atoms with Gasteiger partial charge in [0.15, 0.2) is 0 Å². The van der Waals surface area contributed by atoms with Crippen molar-refractivity contribution in [1.82, 2.24) is 35.4 Å². The van der Waals surface area contributed by atoms with Gasteiger partial charge < -0.3 is 35.2 Å². The fourth-order valence-corrected chi connectivity index (χ4v) is 10.9. The van der Waals surface area contributed by atoms with Crippen molar-refractivity contribution >= 4 is 45.5 Å². The van der Waals surface area contributed by atoms with Gasteiger partial charge in [0, 0.05) is 34.2 Å². The number of nitrogens with zero attached hydrogens (tertiary/aromatic N) is 3. The van der Waals surface area contributed by atoms with Crippen LogP contribution in [0.15, 0.2) is 59.5 Å². The minimum Gasteiger partial charge on any atom is -0.379 e. The summed E-state index contributed by atoms with van der Waals surface area (Å²) in [5.41, 5.74) is -0.438. The van der Waals surface area contributed by atoms with Gasteiger partial charge in [-0.15, -0.1) is 0 Å². The molecular formula is C51H76F3N7O10S. The minimum absolute atomic E-state index is 0.0156. The number of benzene rings is 2. The fraction of sp³-hybridized carbons (Fsp3) is 0.647. The third-order valence-corrected chi connectivity index (χ3v) is 15.5. The van der Waals surface area contributed by atoms with Crippen LogP contribution in [-0.4, -0.2) is 149 Å². The second kappa shape index (κ2) is 25.2. The second-order valence-electron chi connectivity index (χ2n) is 20.3. The summed E-state index contributed by atoms with van der Waals surface area (Å²) in [6.45, 7) is 13.5. The lowest BCUT2D eigenvalue weighted by Gasteiger charge is -2.41. The molecule has 0 unspecified atom stereocenters. The Kier molecular flexibility index (Phi) is 20.8. The highest BCUT2D eigenvalue weighted by Gasteiger charge is 2.51. The van der Waals surface area contributed by atoms with Gasteiger partial charge in [-0.3, -0.25) is 33.7 Å². The number of rotatable bonds is 25. The smallest absolute Gasteiger partial charge is 0.379 e. The molecule has 1 aliphatic heterocycles. The van der Waals surface area contributed by atoms with E-state index in [0.717, 1.165) is 12.1 Å². The van der Waals surface area contributed by atoms with Gasteiger partial charge >= 0.3 is 12.1 Å². The number of amides is 6. The van der Waals surface area contributed by atoms with Crippen LogP contribution in [0.3, 0.4) is 0 Å². The molecular weight excluding hydrogens is 960 g/mol. The Morgan fingerprint density at radius 1 is 0.833 bits per heavy atom. The summed E-state index contributed by atoms with van der Waals surface area (Å²) in [7, 11) is 3.62. The number of halogens is 3. The van der Waals surface area contributed by atoms with E-state index in [1.54, 1.807) is 54.1 Å². The Labute approximate surface area is 423 Å². The number of likely N-dealkylation sites (N-methyl/N-ethyl adjacent to an activating group) is 2. The molecule has 1 heterocycles. The zero-order valence-corrected chi connectivity index (χ0v) is 44.5. The maximum absolute atomic E-state index is 14.5. The maximum atomic E-state index is 14.5. The summed E-state index contributed by atoms with van der Waals surface area (Å²) in [4.78, 5) is 86.9. The van der Waals surface area contributed by atoms with Crippen molar-refractivity contribution in [1.29, 1.82) is 0 Å². The van der Waals surface area contributed by atoms with Crippen molar-refractivity contribution in [2.75, 3.05) is 41.9 Å². The van der Waals surface area contributed by atoms with E-state index in [4.69, 9.17) is 9.47 Å². The van der Waals surface area contributed by atoms with E-state index < -0.39 is 87.8 Å². The lowest BCUT2D eigenvalue weighted by molar-refractivity contribution is -0.174. The van der Waals surface area contributed by atoms with Crippen molar-refractivity contribution in [2.45, 2.75) is 152 Å². The molecule has 402 valence electrons. The number of nitrogens with one attached hydrogen (secondary N) is 4. The quantitative estimate of drug-likeness (QED) is 0.109. The van der Waals surface area contributed by atoms with E-state index in [1.807, 2.05) is 70.6 Å². The molecule has 2 aromatic rings. The summed E-state index contributed by atoms with van der Waals surface area (Å²) >= 11 is 0. The van der Waals surface area contributed by atoms with Crippen molar-refractivity contribution in [3.05, 3.63) is 65.7 Å². The first-order chi connectivity index (χ1) is 33.6. The van der Waals surface area contributed by atoms with Crippen molar-refractivity contribution in [3.63, 3.8) is 0 Å². The Hall–Kier alpha value is -5.12. The predicted molar refractivity (Wildman–Crippen MR) is 264 cm³/mol. The van der Waals surface area contributed by atoms with E-state index in [-0.39, 0.29) is 71.6 Å². The summed E-state index contributed by atoms with van der Waals surface area (Å²) in [5, 5.41) is 7.70. The van der Waals surface area contributed by atoms with Gasteiger partial charge in [-0.05, 0) is 80.8 Å². The van der Waals surface area contributed by atoms with E-state index in [1.165, 1.54) is 26.4 Å². The normalized spacial score (nSPS) is 19.1. The fourth-order valence-electron chi connectivity index (χ4n) is 9.89. The highest BCUT2D eigenvalue weighted by atomic mass is 32.2. The average molecular weight is 1040 g/mol. The van der Waals surface area contributed by atoms with Gasteiger partial charge in [-0.2, -0.15) is 13.2 Å². The van der Waals surface area contributed by atoms with Crippen LogP contribution in [0.5, 0.6) is 0 Å². The second-order valence-corrected chi connectivity index (χ2v) is 21.9. The van der Waals surface area contributed by atoms with Gasteiger partial charge in [0.2, 0.25) is 23.6 Å². The molecule has 9 atom stereocenters. The molecule has 2 aromatic carbocycles. The average Bonchev–Trinajstić information content (AvgIpc) is 3.94. The Morgan fingerprint density at radius 3 is 1.94 bits per heavy atom. The summed E-state index contributed by atoms with van der Waals surface area (Å²) < 4.78 is 80.2. The van der Waals surface area contributed by atoms with Crippen LogP contribution in [0.2, 0.25) is 0 Å². The first kappa shape index (κ1) is 59.4. The number of hydrogen-bond donors (Lipinski definition) is 4. The number of carbonyl (C=O) groups is 6. The molecule has 0 aromatic heterocycles. The Morgan fingerprint density at radius 2 is 1.44 bits per heavy atom. The molecule has 1 saturated heterocycles. The third-order valence-electron chi connectivity index (χ3n) is 14.2. The zero-order chi connectivity index (χ0) is 54.0. The highest BCUT2D eigenvalue weighted by Crippen LogP contribution is 2.46. The molecule has 0 radical (unpaired) electrons. The van der Waals surface area contributed by atoms with Gasteiger partial charge in [0.05, 0.1) is 53.1 Å². The molecule has 1 aliphatic carbocycles. The number of hydrogen-bond acceptors (Lipinski definition) is 11. The van der Waals surface area contributed by atoms with Crippen LogP contribution in [0.25, 0.3) is 0 Å². The molecule has 4 N–H and O–H groups in total. The highest BCUT2D eigenvalue weighted by molar-refractivity contribution is 7.90. The lowest BCUT2D eigenvalue weighted by atomic mass is 9.89. The van der Waals surface area contributed by atoms with Crippen LogP contribution < -0.4 is 20.7 Å². The van der Waals surface area contributed by atoms with Crippen LogP contribution in [0, 0.1) is 23.7 Å². The van der Waals surface area contributed by atoms with Crippen LogP contribution in [-0.2, 0) is 60.2 Å². The van der Waals surface area contributed by atoms with Crippen molar-refractivity contribution in [2.24, 2.45) is 23.7 Å². The third kappa shape index (κ3) is 14.8. The molecule has 2 fully saturated rings. The number of carbonyl (C=O) groups excluding carboxylic acids is 6. The molecule has 4 rings (SSSR count). The van der Waals surface area contributed by atoms with Crippen molar-refractivity contribution in [3.8, 4) is 0 Å². The minimum atomic E-state index is -5.10. The number of ether oxygens (including phenoxy) is 2. The Bertz CT molecular complexity index is 2290. The zero-order valence-electron chi connectivity index (χ0n) is 43.7. The van der Waals surface area contributed by atoms with E-state index in [0.29, 0.717) is 31.4 Å². The van der Waals surface area contributed by atoms with Crippen LogP contribution in [0.1, 0.15) is 98.1 Å². The van der Waals surface area contributed by atoms with E-state index in [9.17, 15) is 50.4 Å². The predicted octanol–water partition coefficient (Wildman–Crippen LogP) is 4.53. The van der Waals surface area contributed by atoms with E-state index in [2.05, 4.69) is 10.6 Å². The number of alkyl halides is 3. The topological polar surface area (TPSA) is 213 Å². The van der Waals surface area contributed by atoms with Gasteiger partial charge in [-0.25, -0.2) is 13.1 Å². The number of methoxy groups -OCH3 is 2. The largest absolute Gasteiger partial charge is 0.471 e. The monoisotopic (exact) mass is 1040 g/mol. The molecule has 72 heavy (non-hydrogen) atoms. The van der Waals surface area contributed by atoms with E-state index >= 15 is 0 Å². The SMILES string of the molecule is CC[C@H](C)[C@@H]([C@H](CC(=O)N1CCC[C@H]1[C@H](OC)[C@@H](C)C(=O)N[C@@H](Cc1ccccc1)C(=O)NS(=O)(=O)c1ccc(C2(NC(=O)C(F)(F)F)CC2)cc1)OC)N(C)C(=O)[C@@H](NC(=O)[C@H](C(C)C)N(C)C)C(C)C. The molecule has 17 nitrogen and oxygen atoms in total. The Balaban J connectivity index is 1.51. The summed E-state index contributed by atoms with van der Waals surface area (Å²) in [6.07, 6.45) is -4.82. The molecule has 1 saturated carbocycles. The number of likely N-dealkylation sites (tertiary alicyclic amines) is 1. The van der Waals surface area contributed by atoms with Gasteiger partial charge in [0.25, 0.3) is 15.9 Å². The molecule has 2 aliphatic rings. The summed E-state index contributed by atoms with van der Waals surface area (Å²) in [6, 6.07) is 9.49. The lowest BCUT2D eigenvalue weighted by Crippen LogP contribution is -2.59. The van der Waals surface area contributed by atoms with Crippen molar-refractivity contribution < 1.29 is 59.8 Å². The van der Waals surface area contributed by atoms with Gasteiger partial charge in [0.1, 0.15) is 12.1 Å². The summed E-state index contributed by atoms with van der Waals surface area (Å²) in [5.74, 6) is -6.07. The maximum Gasteiger partial charge on any atom is 0.471 e. The molecule has 0 spiro atoms. The van der Waals surface area contributed by atoms with Crippen LogP contribution >= 0.6 is 0 Å². The standard InChI is InChI=1S/C51H76F3N7O10S/c1-13-32(6)43(60(10)48(66)41(30(2)3)56-47(65)42(31(4)5)59(8)9)39(70-11)29-40(62)61-27-17-20-38(61)44(71-12)33(7)45(63)55-37(28-34-18-15-14-16-19-34)46(64)58-72(68,69)36-23-21-35(22-24-36)50(25-26-50)57-49(67)51(52,53)54/h14-16,18-19,21-24,30-33,37-39,41-44H,13,17,20,25-29H2,1-12H3,(H,55,63)(H,56,65)(H,57,67)(H,58,64)/t32-,33+,37-,38-,39-,41-,42-,43-,44+/m0/s1. The first-order valence-corrected chi connectivity index (χ1v) is 26.1. The van der Waals surface area contributed by atoms with Crippen LogP contribution in [0.4, 0.5) is 13.2 Å². The molecule has 21 heteroatoms. The molecule has 0 bridgehead atoms. The van der Waals surface area contributed by atoms with Gasteiger partial charge in [-0.1, -0.05) is 97.4 Å². The molecule has 6 amide bonds. The first-order valence-electron chi connectivity index (χ1n) is 24.6.